The van der Waals surface area contributed by atoms with E-state index in [1.54, 1.807) is 0 Å². The van der Waals surface area contributed by atoms with Gasteiger partial charge in [0, 0.05) is 19.4 Å². The van der Waals surface area contributed by atoms with Gasteiger partial charge in [-0.1, -0.05) is 207 Å². The zero-order chi connectivity index (χ0) is 48.8. The van der Waals surface area contributed by atoms with E-state index in [0.717, 1.165) is 89.9 Å². The molecule has 67 heavy (non-hydrogen) atoms. The predicted molar refractivity (Wildman–Crippen MR) is 284 cm³/mol. The van der Waals surface area contributed by atoms with Crippen LogP contribution >= 0.6 is 7.82 Å². The van der Waals surface area contributed by atoms with Gasteiger partial charge >= 0.3 is 13.8 Å². The summed E-state index contributed by atoms with van der Waals surface area (Å²) in [6.07, 6.45) is 69.1. The van der Waals surface area contributed by atoms with Gasteiger partial charge < -0.3 is 20.1 Å². The summed E-state index contributed by atoms with van der Waals surface area (Å²) < 4.78 is 27.0. The first kappa shape index (κ1) is 63.9. The summed E-state index contributed by atoms with van der Waals surface area (Å²) in [4.78, 5) is 34.1. The molecule has 2 unspecified atom stereocenters. The molecule has 0 spiro atoms. The number of aliphatic hydroxyl groups is 1. The van der Waals surface area contributed by atoms with E-state index in [1.807, 2.05) is 0 Å². The average Bonchev–Trinajstić information content (AvgIpc) is 3.32. The fourth-order valence-electron chi connectivity index (χ4n) is 7.00. The zero-order valence-corrected chi connectivity index (χ0v) is 43.5. The number of phosphoric acid groups is 1. The molecule has 0 aliphatic carbocycles. The minimum absolute atomic E-state index is 0.0694. The number of phosphoric ester groups is 1. The molecule has 0 heterocycles. The van der Waals surface area contributed by atoms with Crippen molar-refractivity contribution in [1.29, 1.82) is 0 Å². The highest BCUT2D eigenvalue weighted by atomic mass is 31.2. The molecule has 0 radical (unpaired) electrons. The third-order valence-electron chi connectivity index (χ3n) is 11.0. The summed E-state index contributed by atoms with van der Waals surface area (Å²) >= 11 is 0. The lowest BCUT2D eigenvalue weighted by molar-refractivity contribution is -0.147. The van der Waals surface area contributed by atoms with Gasteiger partial charge in [0.25, 0.3) is 0 Å². The molecule has 0 saturated carbocycles. The molecule has 3 N–H and O–H groups in total. The SMILES string of the molecule is CC/C=C\C/C=C\C/C=C\C/C=C\C/C=C\CCCCCCCCCC(=O)NCCOP(=O)(O)OCC(O)COC(=O)CCCCCCCCCCCC/C=C\C/C=C\C/C=C\CCCCC. The van der Waals surface area contributed by atoms with Gasteiger partial charge in [-0.05, 0) is 96.3 Å². The predicted octanol–water partition coefficient (Wildman–Crippen LogP) is 16.1. The zero-order valence-electron chi connectivity index (χ0n) is 42.6. The number of hydrogen-bond donors (Lipinski definition) is 3. The van der Waals surface area contributed by atoms with Gasteiger partial charge in [0.05, 0.1) is 13.2 Å². The van der Waals surface area contributed by atoms with Crippen molar-refractivity contribution < 1.29 is 37.9 Å². The summed E-state index contributed by atoms with van der Waals surface area (Å²) in [6.45, 7) is 3.40. The fourth-order valence-corrected chi connectivity index (χ4v) is 7.76. The number of esters is 1. The second kappa shape index (κ2) is 52.3. The van der Waals surface area contributed by atoms with E-state index >= 15 is 0 Å². The number of carbonyl (C=O) groups excluding carboxylic acids is 2. The molecular weight excluding hydrogens is 858 g/mol. The first-order chi connectivity index (χ1) is 32.8. The van der Waals surface area contributed by atoms with Gasteiger partial charge in [0.1, 0.15) is 12.7 Å². The Balaban J connectivity index is 3.61. The van der Waals surface area contributed by atoms with Crippen LogP contribution in [0.5, 0.6) is 0 Å². The van der Waals surface area contributed by atoms with E-state index in [9.17, 15) is 24.2 Å². The number of hydrogen-bond acceptors (Lipinski definition) is 7. The number of allylic oxidation sites excluding steroid dienone is 16. The summed E-state index contributed by atoms with van der Waals surface area (Å²) in [5, 5.41) is 12.8. The standard InChI is InChI=1S/C57H98NO8P/c1-3-5-7-9-11-13-15-17-19-21-23-25-27-29-31-33-35-37-39-41-43-45-47-49-56(60)58-51-52-65-67(62,63)66-54-55(59)53-64-57(61)50-48-46-44-42-40-38-36-34-32-30-28-26-24-22-20-18-16-14-12-10-8-6-4-2/h5,7,11-14,17-20,23-26,29,31,55,59H,3-4,6,8-10,15-16,21-22,27-28,30,32-54H2,1-2H3,(H,58,60)(H,62,63)/b7-5-,13-11-,14-12-,19-17-,20-18-,25-23-,26-24-,31-29-. The minimum Gasteiger partial charge on any atom is -0.463 e. The molecule has 0 aliphatic rings. The highest BCUT2D eigenvalue weighted by molar-refractivity contribution is 7.47. The summed E-state index contributed by atoms with van der Waals surface area (Å²) in [5.41, 5.74) is 0. The molecule has 1 amide bonds. The molecule has 0 rings (SSSR count). The Labute approximate surface area is 410 Å². The van der Waals surface area contributed by atoms with E-state index in [4.69, 9.17) is 13.8 Å². The van der Waals surface area contributed by atoms with E-state index in [2.05, 4.69) is 116 Å². The second-order valence-electron chi connectivity index (χ2n) is 17.5. The number of nitrogens with one attached hydrogen (secondary N) is 1. The maximum Gasteiger partial charge on any atom is 0.472 e. The molecule has 2 atom stereocenters. The number of carbonyl (C=O) groups is 2. The normalized spacial score (nSPS) is 13.9. The van der Waals surface area contributed by atoms with Crippen LogP contribution in [0.25, 0.3) is 0 Å². The number of rotatable bonds is 49. The van der Waals surface area contributed by atoms with E-state index in [1.165, 1.54) is 103 Å². The van der Waals surface area contributed by atoms with Crippen LogP contribution in [0.15, 0.2) is 97.2 Å². The Kier molecular flexibility index (Phi) is 49.9. The Bertz CT molecular complexity index is 1410. The van der Waals surface area contributed by atoms with Crippen molar-refractivity contribution in [2.75, 3.05) is 26.4 Å². The van der Waals surface area contributed by atoms with Crippen molar-refractivity contribution in [1.82, 2.24) is 5.32 Å². The highest BCUT2D eigenvalue weighted by Crippen LogP contribution is 2.42. The summed E-state index contributed by atoms with van der Waals surface area (Å²) in [7, 11) is -4.44. The monoisotopic (exact) mass is 956 g/mol. The van der Waals surface area contributed by atoms with Gasteiger partial charge in [0.2, 0.25) is 5.91 Å². The van der Waals surface area contributed by atoms with E-state index < -0.39 is 26.5 Å². The van der Waals surface area contributed by atoms with Gasteiger partial charge in [-0.2, -0.15) is 0 Å². The van der Waals surface area contributed by atoms with Crippen molar-refractivity contribution in [2.45, 2.75) is 225 Å². The van der Waals surface area contributed by atoms with Gasteiger partial charge in [-0.3, -0.25) is 18.6 Å². The van der Waals surface area contributed by atoms with Crippen molar-refractivity contribution in [3.63, 3.8) is 0 Å². The van der Waals surface area contributed by atoms with Crippen molar-refractivity contribution >= 4 is 19.7 Å². The van der Waals surface area contributed by atoms with Gasteiger partial charge in [0.15, 0.2) is 0 Å². The fraction of sp³-hybridized carbons (Fsp3) is 0.684. The van der Waals surface area contributed by atoms with Gasteiger partial charge in [-0.15, -0.1) is 0 Å². The topological polar surface area (TPSA) is 131 Å². The summed E-state index contributed by atoms with van der Waals surface area (Å²) in [5.74, 6) is -0.535. The lowest BCUT2D eigenvalue weighted by atomic mass is 10.1. The molecule has 0 saturated heterocycles. The first-order valence-electron chi connectivity index (χ1n) is 26.7. The lowest BCUT2D eigenvalue weighted by Gasteiger charge is -2.15. The smallest absolute Gasteiger partial charge is 0.463 e. The summed E-state index contributed by atoms with van der Waals surface area (Å²) in [6, 6.07) is 0. The van der Waals surface area contributed by atoms with Crippen LogP contribution in [0, 0.1) is 0 Å². The number of ether oxygens (including phenoxy) is 1. The third-order valence-corrected chi connectivity index (χ3v) is 12.0. The molecule has 0 aromatic carbocycles. The molecule has 0 aliphatic heterocycles. The largest absolute Gasteiger partial charge is 0.472 e. The molecule has 10 heteroatoms. The molecular formula is C57H98NO8P. The molecule has 9 nitrogen and oxygen atoms in total. The third kappa shape index (κ3) is 53.7. The van der Waals surface area contributed by atoms with Crippen LogP contribution in [-0.2, 0) is 27.9 Å². The van der Waals surface area contributed by atoms with Crippen molar-refractivity contribution in [3.8, 4) is 0 Å². The van der Waals surface area contributed by atoms with Crippen LogP contribution in [0.3, 0.4) is 0 Å². The molecule has 0 fully saturated rings. The highest BCUT2D eigenvalue weighted by Gasteiger charge is 2.23. The number of aliphatic hydroxyl groups excluding tert-OH is 1. The average molecular weight is 956 g/mol. The van der Waals surface area contributed by atoms with Crippen LogP contribution in [0.2, 0.25) is 0 Å². The minimum atomic E-state index is -4.44. The number of amides is 1. The maximum atomic E-state index is 12.2. The number of unbranched alkanes of at least 4 members (excludes halogenated alkanes) is 20. The Hall–Kier alpha value is -3.07. The van der Waals surface area contributed by atoms with Crippen LogP contribution in [0.4, 0.5) is 0 Å². The molecule has 0 aromatic heterocycles. The Morgan fingerprint density at radius 2 is 0.851 bits per heavy atom. The van der Waals surface area contributed by atoms with Gasteiger partial charge in [-0.25, -0.2) is 4.57 Å². The Morgan fingerprint density at radius 1 is 0.478 bits per heavy atom. The molecule has 384 valence electrons. The first-order valence-corrected chi connectivity index (χ1v) is 28.2. The molecule has 0 bridgehead atoms. The van der Waals surface area contributed by atoms with Crippen LogP contribution in [0.1, 0.15) is 219 Å². The van der Waals surface area contributed by atoms with E-state index in [-0.39, 0.29) is 32.1 Å². The molecule has 0 aromatic rings. The lowest BCUT2D eigenvalue weighted by Crippen LogP contribution is -2.27. The Morgan fingerprint density at radius 3 is 1.28 bits per heavy atom. The quantitative estimate of drug-likeness (QED) is 0.0238. The van der Waals surface area contributed by atoms with Crippen LogP contribution in [-0.4, -0.2) is 54.3 Å². The van der Waals surface area contributed by atoms with Crippen LogP contribution < -0.4 is 5.32 Å². The van der Waals surface area contributed by atoms with Crippen molar-refractivity contribution in [3.05, 3.63) is 97.2 Å². The van der Waals surface area contributed by atoms with E-state index in [0.29, 0.717) is 6.42 Å². The maximum absolute atomic E-state index is 12.2. The second-order valence-corrected chi connectivity index (χ2v) is 18.9. The van der Waals surface area contributed by atoms with Crippen molar-refractivity contribution in [2.24, 2.45) is 0 Å².